The zero-order valence-electron chi connectivity index (χ0n) is 8.95. The molecule has 3 heteroatoms. The van der Waals surface area contributed by atoms with Gasteiger partial charge in [-0.3, -0.25) is 4.79 Å². The fourth-order valence-corrected chi connectivity index (χ4v) is 2.26. The number of hydrogen-bond acceptors (Lipinski definition) is 1. The topological polar surface area (TPSA) is 29.1 Å². The van der Waals surface area contributed by atoms with Gasteiger partial charge in [-0.1, -0.05) is 40.2 Å². The Bertz CT molecular complexity index is 406. The monoisotopic (exact) mass is 279 g/mol. The standard InChI is InChI=1S/C13H14BrNO/c14-12-7-3-4-10(8-12)9-15-13(16)11-5-1-2-6-11/h1-4,7-8,11H,5-6,9H2,(H,15,16). The predicted molar refractivity (Wildman–Crippen MR) is 67.9 cm³/mol. The van der Waals surface area contributed by atoms with E-state index < -0.39 is 0 Å². The lowest BCUT2D eigenvalue weighted by Gasteiger charge is -2.10. The van der Waals surface area contributed by atoms with Crippen molar-refractivity contribution in [3.63, 3.8) is 0 Å². The highest BCUT2D eigenvalue weighted by Crippen LogP contribution is 2.18. The fraction of sp³-hybridized carbons (Fsp3) is 0.308. The van der Waals surface area contributed by atoms with E-state index in [0.29, 0.717) is 6.54 Å². The first-order valence-corrected chi connectivity index (χ1v) is 6.22. The van der Waals surface area contributed by atoms with Crippen LogP contribution in [-0.4, -0.2) is 5.91 Å². The Balaban J connectivity index is 1.85. The fourth-order valence-electron chi connectivity index (χ4n) is 1.81. The van der Waals surface area contributed by atoms with Crippen LogP contribution in [0.4, 0.5) is 0 Å². The van der Waals surface area contributed by atoms with Gasteiger partial charge >= 0.3 is 0 Å². The van der Waals surface area contributed by atoms with E-state index in [9.17, 15) is 4.79 Å². The largest absolute Gasteiger partial charge is 0.352 e. The summed E-state index contributed by atoms with van der Waals surface area (Å²) < 4.78 is 1.04. The van der Waals surface area contributed by atoms with Crippen LogP contribution in [0, 0.1) is 5.92 Å². The van der Waals surface area contributed by atoms with Gasteiger partial charge in [-0.05, 0) is 30.5 Å². The zero-order chi connectivity index (χ0) is 11.4. The minimum Gasteiger partial charge on any atom is -0.352 e. The molecular weight excluding hydrogens is 266 g/mol. The summed E-state index contributed by atoms with van der Waals surface area (Å²) in [6.07, 6.45) is 5.90. The Morgan fingerprint density at radius 2 is 2.12 bits per heavy atom. The van der Waals surface area contributed by atoms with E-state index in [2.05, 4.69) is 33.4 Å². The summed E-state index contributed by atoms with van der Waals surface area (Å²) >= 11 is 3.41. The van der Waals surface area contributed by atoms with Gasteiger partial charge in [0.25, 0.3) is 0 Å². The molecule has 0 saturated carbocycles. The molecule has 84 valence electrons. The Morgan fingerprint density at radius 3 is 2.81 bits per heavy atom. The quantitative estimate of drug-likeness (QED) is 0.847. The van der Waals surface area contributed by atoms with Gasteiger partial charge in [-0.25, -0.2) is 0 Å². The van der Waals surface area contributed by atoms with E-state index in [1.54, 1.807) is 0 Å². The van der Waals surface area contributed by atoms with Gasteiger partial charge in [0.1, 0.15) is 0 Å². The second kappa shape index (κ2) is 5.30. The van der Waals surface area contributed by atoms with Gasteiger partial charge in [0.2, 0.25) is 5.91 Å². The summed E-state index contributed by atoms with van der Waals surface area (Å²) in [4.78, 5) is 11.7. The molecule has 2 nitrogen and oxygen atoms in total. The van der Waals surface area contributed by atoms with Crippen LogP contribution in [0.15, 0.2) is 40.9 Å². The maximum atomic E-state index is 11.7. The molecule has 1 aliphatic rings. The number of carbonyl (C=O) groups is 1. The molecule has 0 aliphatic heterocycles. The van der Waals surface area contributed by atoms with E-state index >= 15 is 0 Å². The Kier molecular flexibility index (Phi) is 3.78. The van der Waals surface area contributed by atoms with Crippen molar-refractivity contribution in [1.82, 2.24) is 5.32 Å². The molecular formula is C13H14BrNO. The number of nitrogens with one attached hydrogen (secondary N) is 1. The minimum absolute atomic E-state index is 0.146. The van der Waals surface area contributed by atoms with Crippen molar-refractivity contribution in [3.05, 3.63) is 46.5 Å². The highest BCUT2D eigenvalue weighted by molar-refractivity contribution is 9.10. The van der Waals surface area contributed by atoms with Crippen molar-refractivity contribution in [2.75, 3.05) is 0 Å². The van der Waals surface area contributed by atoms with Gasteiger partial charge < -0.3 is 5.32 Å². The maximum Gasteiger partial charge on any atom is 0.224 e. The Labute approximate surface area is 104 Å². The Hall–Kier alpha value is -1.09. The molecule has 0 fully saturated rings. The van der Waals surface area contributed by atoms with Crippen LogP contribution in [0.5, 0.6) is 0 Å². The van der Waals surface area contributed by atoms with Gasteiger partial charge in [0.05, 0.1) is 0 Å². The second-order valence-electron chi connectivity index (χ2n) is 3.99. The summed E-state index contributed by atoms with van der Waals surface area (Å²) in [7, 11) is 0. The number of hydrogen-bond donors (Lipinski definition) is 1. The van der Waals surface area contributed by atoms with Crippen molar-refractivity contribution in [2.24, 2.45) is 5.92 Å². The molecule has 0 aromatic heterocycles. The Morgan fingerprint density at radius 1 is 1.38 bits per heavy atom. The average molecular weight is 280 g/mol. The molecule has 16 heavy (non-hydrogen) atoms. The smallest absolute Gasteiger partial charge is 0.224 e. The lowest BCUT2D eigenvalue weighted by atomic mass is 10.1. The van der Waals surface area contributed by atoms with E-state index in [-0.39, 0.29) is 11.8 Å². The van der Waals surface area contributed by atoms with Crippen molar-refractivity contribution < 1.29 is 4.79 Å². The third-order valence-electron chi connectivity index (χ3n) is 2.73. The first-order valence-electron chi connectivity index (χ1n) is 5.43. The first kappa shape index (κ1) is 11.4. The molecule has 1 amide bonds. The number of benzene rings is 1. The highest BCUT2D eigenvalue weighted by Gasteiger charge is 2.18. The zero-order valence-corrected chi connectivity index (χ0v) is 10.5. The summed E-state index contributed by atoms with van der Waals surface area (Å²) in [6.45, 7) is 0.606. The SMILES string of the molecule is O=C(NCc1cccc(Br)c1)C1CC=CC1. The predicted octanol–water partition coefficient (Wildman–Crippen LogP) is 3.03. The number of halogens is 1. The lowest BCUT2D eigenvalue weighted by molar-refractivity contribution is -0.124. The highest BCUT2D eigenvalue weighted by atomic mass is 79.9. The molecule has 0 atom stereocenters. The van der Waals surface area contributed by atoms with Gasteiger partial charge in [-0.15, -0.1) is 0 Å². The first-order chi connectivity index (χ1) is 7.75. The molecule has 1 aliphatic carbocycles. The summed E-state index contributed by atoms with van der Waals surface area (Å²) in [5.74, 6) is 0.303. The van der Waals surface area contributed by atoms with Gasteiger partial charge in [0.15, 0.2) is 0 Å². The molecule has 1 aromatic rings. The van der Waals surface area contributed by atoms with Crippen LogP contribution in [0.3, 0.4) is 0 Å². The van der Waals surface area contributed by atoms with E-state index in [1.807, 2.05) is 24.3 Å². The van der Waals surface area contributed by atoms with Crippen LogP contribution in [-0.2, 0) is 11.3 Å². The molecule has 0 saturated heterocycles. The molecule has 0 radical (unpaired) electrons. The maximum absolute atomic E-state index is 11.7. The molecule has 0 unspecified atom stereocenters. The van der Waals surface area contributed by atoms with Crippen molar-refractivity contribution in [2.45, 2.75) is 19.4 Å². The molecule has 1 N–H and O–H groups in total. The van der Waals surface area contributed by atoms with Crippen LogP contribution in [0.2, 0.25) is 0 Å². The van der Waals surface area contributed by atoms with Crippen LogP contribution < -0.4 is 5.32 Å². The second-order valence-corrected chi connectivity index (χ2v) is 4.90. The molecule has 0 heterocycles. The molecule has 1 aromatic carbocycles. The average Bonchev–Trinajstić information content (AvgIpc) is 2.79. The van der Waals surface area contributed by atoms with Crippen molar-refractivity contribution in [1.29, 1.82) is 0 Å². The number of rotatable bonds is 3. The van der Waals surface area contributed by atoms with Crippen LogP contribution in [0.25, 0.3) is 0 Å². The van der Waals surface area contributed by atoms with E-state index in [1.165, 1.54) is 0 Å². The van der Waals surface area contributed by atoms with Crippen LogP contribution in [0.1, 0.15) is 18.4 Å². The lowest BCUT2D eigenvalue weighted by Crippen LogP contribution is -2.28. The van der Waals surface area contributed by atoms with Crippen LogP contribution >= 0.6 is 15.9 Å². The summed E-state index contributed by atoms with van der Waals surface area (Å²) in [5.41, 5.74) is 1.12. The molecule has 0 bridgehead atoms. The number of allylic oxidation sites excluding steroid dienone is 2. The van der Waals surface area contributed by atoms with Crippen molar-refractivity contribution >= 4 is 21.8 Å². The van der Waals surface area contributed by atoms with E-state index in [4.69, 9.17) is 0 Å². The van der Waals surface area contributed by atoms with Crippen molar-refractivity contribution in [3.8, 4) is 0 Å². The number of carbonyl (C=O) groups excluding carboxylic acids is 1. The van der Waals surface area contributed by atoms with Gasteiger partial charge in [-0.2, -0.15) is 0 Å². The number of amides is 1. The third-order valence-corrected chi connectivity index (χ3v) is 3.23. The van der Waals surface area contributed by atoms with Gasteiger partial charge in [0, 0.05) is 16.9 Å². The normalized spacial score (nSPS) is 15.3. The third kappa shape index (κ3) is 2.95. The summed E-state index contributed by atoms with van der Waals surface area (Å²) in [6, 6.07) is 7.99. The summed E-state index contributed by atoms with van der Waals surface area (Å²) in [5, 5.41) is 2.97. The minimum atomic E-state index is 0.146. The van der Waals surface area contributed by atoms with E-state index in [0.717, 1.165) is 22.9 Å². The molecule has 2 rings (SSSR count). The molecule has 0 spiro atoms.